The van der Waals surface area contributed by atoms with E-state index in [1.54, 1.807) is 29.0 Å². The van der Waals surface area contributed by atoms with Crippen molar-refractivity contribution in [1.29, 1.82) is 0 Å². The van der Waals surface area contributed by atoms with E-state index in [0.29, 0.717) is 22.2 Å². The molecule has 0 spiro atoms. The van der Waals surface area contributed by atoms with Gasteiger partial charge in [-0.2, -0.15) is 9.61 Å². The van der Waals surface area contributed by atoms with Gasteiger partial charge in [0.05, 0.1) is 11.7 Å². The molecule has 0 amide bonds. The van der Waals surface area contributed by atoms with Crippen molar-refractivity contribution in [2.75, 3.05) is 0 Å². The normalized spacial score (nSPS) is 11.3. The first kappa shape index (κ1) is 15.8. The van der Waals surface area contributed by atoms with Gasteiger partial charge in [-0.3, -0.25) is 4.98 Å². The summed E-state index contributed by atoms with van der Waals surface area (Å²) < 4.78 is 15.1. The van der Waals surface area contributed by atoms with Crippen LogP contribution < -0.4 is 0 Å². The Hall–Kier alpha value is -3.39. The third-order valence-electron chi connectivity index (χ3n) is 4.01. The summed E-state index contributed by atoms with van der Waals surface area (Å²) >= 11 is 1.43. The number of hydrogen-bond acceptors (Lipinski definition) is 6. The van der Waals surface area contributed by atoms with Gasteiger partial charge in [0, 0.05) is 22.0 Å². The molecule has 3 heterocycles. The lowest BCUT2D eigenvalue weighted by Crippen LogP contribution is -1.99. The topological polar surface area (TPSA) is 68.9 Å². The van der Waals surface area contributed by atoms with Crippen LogP contribution in [0.25, 0.3) is 27.9 Å². The first-order valence-corrected chi connectivity index (χ1v) is 8.95. The molecule has 0 saturated carbocycles. The number of halogens is 1. The molecular weight excluding hydrogens is 363 g/mol. The molecule has 3 aromatic heterocycles. The third-order valence-corrected chi connectivity index (χ3v) is 4.94. The summed E-state index contributed by atoms with van der Waals surface area (Å²) in [5.74, 6) is 0.0673. The highest BCUT2D eigenvalue weighted by molar-refractivity contribution is 7.99. The summed E-state index contributed by atoms with van der Waals surface area (Å²) in [6.07, 6.45) is 3.33. The van der Waals surface area contributed by atoms with Gasteiger partial charge in [-0.05, 0) is 48.2 Å². The molecule has 2 aromatic carbocycles. The Labute approximate surface area is 157 Å². The molecule has 0 fully saturated rings. The molecule has 130 valence electrons. The zero-order valence-corrected chi connectivity index (χ0v) is 14.6. The maximum atomic E-state index is 13.5. The van der Waals surface area contributed by atoms with Crippen LogP contribution in [0.2, 0.25) is 0 Å². The zero-order valence-electron chi connectivity index (χ0n) is 13.8. The molecule has 5 rings (SSSR count). The molecule has 0 saturated heterocycles. The molecule has 8 heteroatoms. The van der Waals surface area contributed by atoms with Crippen molar-refractivity contribution in [2.45, 2.75) is 10.1 Å². The van der Waals surface area contributed by atoms with Crippen LogP contribution in [-0.2, 0) is 0 Å². The highest BCUT2D eigenvalue weighted by atomic mass is 32.2. The van der Waals surface area contributed by atoms with Crippen LogP contribution in [-0.4, -0.2) is 29.8 Å². The lowest BCUT2D eigenvalue weighted by molar-refractivity contribution is 0.628. The van der Waals surface area contributed by atoms with Crippen molar-refractivity contribution in [3.63, 3.8) is 0 Å². The Morgan fingerprint density at radius 3 is 2.81 bits per heavy atom. The molecule has 5 aromatic rings. The zero-order chi connectivity index (χ0) is 18.2. The van der Waals surface area contributed by atoms with E-state index in [0.717, 1.165) is 15.8 Å². The second-order valence-corrected chi connectivity index (χ2v) is 6.85. The predicted octanol–water partition coefficient (Wildman–Crippen LogP) is 4.02. The number of fused-ring (bicyclic) bond motifs is 2. The smallest absolute Gasteiger partial charge is 0.256 e. The molecule has 27 heavy (non-hydrogen) atoms. The highest BCUT2D eigenvalue weighted by Gasteiger charge is 2.12. The van der Waals surface area contributed by atoms with Crippen LogP contribution >= 0.6 is 11.8 Å². The Kier molecular flexibility index (Phi) is 3.75. The molecule has 0 aliphatic heterocycles. The first-order valence-electron chi connectivity index (χ1n) is 8.13. The van der Waals surface area contributed by atoms with Crippen LogP contribution in [0.1, 0.15) is 0 Å². The Morgan fingerprint density at radius 2 is 1.89 bits per heavy atom. The summed E-state index contributed by atoms with van der Waals surface area (Å²) in [6, 6.07) is 16.1. The fraction of sp³-hybridized carbons (Fsp3) is 0. The van der Waals surface area contributed by atoms with Crippen molar-refractivity contribution >= 4 is 28.4 Å². The third kappa shape index (κ3) is 3.00. The number of pyridine rings is 1. The summed E-state index contributed by atoms with van der Waals surface area (Å²) in [5, 5.41) is 14.4. The average Bonchev–Trinajstić information content (AvgIpc) is 3.10. The molecule has 0 N–H and O–H groups in total. The Balaban J connectivity index is 1.55. The minimum Gasteiger partial charge on any atom is -0.256 e. The Bertz CT molecular complexity index is 1290. The summed E-state index contributed by atoms with van der Waals surface area (Å²) in [6.45, 7) is 0. The Morgan fingerprint density at radius 1 is 0.926 bits per heavy atom. The second-order valence-electron chi connectivity index (χ2n) is 5.81. The van der Waals surface area contributed by atoms with Crippen LogP contribution in [0.4, 0.5) is 4.39 Å². The molecule has 6 nitrogen and oxygen atoms in total. The molecule has 0 unspecified atom stereocenters. The van der Waals surface area contributed by atoms with E-state index in [1.165, 1.54) is 23.9 Å². The van der Waals surface area contributed by atoms with Crippen molar-refractivity contribution in [3.05, 3.63) is 72.8 Å². The predicted molar refractivity (Wildman–Crippen MR) is 99.8 cm³/mol. The molecule has 0 bridgehead atoms. The van der Waals surface area contributed by atoms with E-state index in [9.17, 15) is 4.39 Å². The monoisotopic (exact) mass is 374 g/mol. The summed E-state index contributed by atoms with van der Waals surface area (Å²) in [5.41, 5.74) is 2.12. The van der Waals surface area contributed by atoms with E-state index >= 15 is 0 Å². The van der Waals surface area contributed by atoms with E-state index in [4.69, 9.17) is 0 Å². The van der Waals surface area contributed by atoms with Gasteiger partial charge in [0.25, 0.3) is 5.78 Å². The first-order chi connectivity index (χ1) is 13.3. The molecule has 0 atom stereocenters. The fourth-order valence-corrected chi connectivity index (χ4v) is 3.57. The average molecular weight is 374 g/mol. The highest BCUT2D eigenvalue weighted by Crippen LogP contribution is 2.28. The number of rotatable bonds is 3. The van der Waals surface area contributed by atoms with Gasteiger partial charge in [-0.1, -0.05) is 18.2 Å². The van der Waals surface area contributed by atoms with Crippen molar-refractivity contribution < 1.29 is 4.39 Å². The lowest BCUT2D eigenvalue weighted by atomic mass is 10.2. The van der Waals surface area contributed by atoms with Crippen LogP contribution in [0.5, 0.6) is 0 Å². The number of hydrogen-bond donors (Lipinski definition) is 0. The van der Waals surface area contributed by atoms with E-state index in [1.807, 2.05) is 30.3 Å². The minimum absolute atomic E-state index is 0.322. The van der Waals surface area contributed by atoms with E-state index in [-0.39, 0.29) is 5.82 Å². The molecule has 0 aliphatic rings. The number of aromatic nitrogens is 6. The van der Waals surface area contributed by atoms with Gasteiger partial charge in [-0.25, -0.2) is 9.37 Å². The summed E-state index contributed by atoms with van der Waals surface area (Å²) in [4.78, 5) is 9.60. The van der Waals surface area contributed by atoms with Gasteiger partial charge in [0.15, 0.2) is 0 Å². The quantitative estimate of drug-likeness (QED) is 0.475. The molecule has 0 aliphatic carbocycles. The van der Waals surface area contributed by atoms with Crippen molar-refractivity contribution in [1.82, 2.24) is 29.8 Å². The van der Waals surface area contributed by atoms with Crippen LogP contribution in [0.3, 0.4) is 0 Å². The van der Waals surface area contributed by atoms with Crippen LogP contribution in [0, 0.1) is 5.82 Å². The fourth-order valence-electron chi connectivity index (χ4n) is 2.74. The van der Waals surface area contributed by atoms with Gasteiger partial charge in [-0.15, -0.1) is 10.2 Å². The lowest BCUT2D eigenvalue weighted by Gasteiger charge is -2.04. The number of nitrogens with zero attached hydrogens (tertiary/aromatic N) is 6. The second kappa shape index (κ2) is 6.40. The van der Waals surface area contributed by atoms with Gasteiger partial charge >= 0.3 is 0 Å². The van der Waals surface area contributed by atoms with Crippen LogP contribution in [0.15, 0.2) is 77.0 Å². The van der Waals surface area contributed by atoms with Gasteiger partial charge < -0.3 is 0 Å². The maximum Gasteiger partial charge on any atom is 0.272 e. The van der Waals surface area contributed by atoms with Gasteiger partial charge in [0.1, 0.15) is 11.5 Å². The van der Waals surface area contributed by atoms with E-state index in [2.05, 4.69) is 25.3 Å². The van der Waals surface area contributed by atoms with Gasteiger partial charge in [0.2, 0.25) is 5.16 Å². The number of benzene rings is 2. The molecular formula is C19H11FN6S. The largest absolute Gasteiger partial charge is 0.272 e. The minimum atomic E-state index is -0.322. The summed E-state index contributed by atoms with van der Waals surface area (Å²) in [7, 11) is 0. The standard InChI is InChI=1S/C19H11FN6S/c20-14-5-1-3-12(9-14)17-11-22-18-23-24-19(26(18)25-17)27-15-6-7-16-13(10-15)4-2-8-21-16/h1-11H. The van der Waals surface area contributed by atoms with E-state index < -0.39 is 0 Å². The van der Waals surface area contributed by atoms with Crippen molar-refractivity contribution in [2.24, 2.45) is 0 Å². The molecule has 0 radical (unpaired) electrons. The SMILES string of the molecule is Fc1cccc(-c2cnc3nnc(Sc4ccc5ncccc5c4)n3n2)c1. The maximum absolute atomic E-state index is 13.5. The van der Waals surface area contributed by atoms with Crippen molar-refractivity contribution in [3.8, 4) is 11.3 Å².